The Balaban J connectivity index is 2.66. The summed E-state index contributed by atoms with van der Waals surface area (Å²) in [5.41, 5.74) is 14.4. The lowest BCUT2D eigenvalue weighted by molar-refractivity contribution is 0.283. The molecule has 0 fully saturated rings. The van der Waals surface area contributed by atoms with E-state index in [0.29, 0.717) is 6.54 Å². The third-order valence-corrected chi connectivity index (χ3v) is 4.39. The molecule has 4 N–H and O–H groups in total. The minimum atomic E-state index is -0.384. The van der Waals surface area contributed by atoms with Crippen molar-refractivity contribution in [3.63, 3.8) is 0 Å². The van der Waals surface area contributed by atoms with Gasteiger partial charge >= 0.3 is 0 Å². The van der Waals surface area contributed by atoms with Crippen LogP contribution in [0.2, 0.25) is 0 Å². The van der Waals surface area contributed by atoms with Crippen LogP contribution >= 0.6 is 0 Å². The Kier molecular flexibility index (Phi) is 4.81. The van der Waals surface area contributed by atoms with Gasteiger partial charge in [-0.2, -0.15) is 0 Å². The maximum atomic E-state index is 6.68. The van der Waals surface area contributed by atoms with Gasteiger partial charge in [0.1, 0.15) is 0 Å². The van der Waals surface area contributed by atoms with Gasteiger partial charge in [0.2, 0.25) is 0 Å². The molecule has 0 aliphatic heterocycles. The normalized spacial score (nSPS) is 12.4. The molecule has 2 nitrogen and oxygen atoms in total. The van der Waals surface area contributed by atoms with Crippen LogP contribution in [0.5, 0.6) is 0 Å². The molecular formula is C19H26N2. The maximum Gasteiger partial charge on any atom is 0.0377 e. The summed E-state index contributed by atoms with van der Waals surface area (Å²) in [6.45, 7) is 4.91. The van der Waals surface area contributed by atoms with E-state index in [0.717, 1.165) is 12.8 Å². The standard InChI is InChI=1S/C19H26N2/c1-18(2,21)19(14-9-15-20,16-10-5-3-6-11-16)17-12-7-4-8-13-17/h3-8,10-13H,9,14-15,20-21H2,1-2H3. The first-order valence-electron chi connectivity index (χ1n) is 7.62. The largest absolute Gasteiger partial charge is 0.330 e. The molecule has 0 radical (unpaired) electrons. The summed E-state index contributed by atoms with van der Waals surface area (Å²) in [6.07, 6.45) is 1.89. The summed E-state index contributed by atoms with van der Waals surface area (Å²) < 4.78 is 0. The zero-order valence-corrected chi connectivity index (χ0v) is 13.0. The Labute approximate surface area is 128 Å². The Morgan fingerprint density at radius 1 is 0.810 bits per heavy atom. The fourth-order valence-electron chi connectivity index (χ4n) is 3.33. The van der Waals surface area contributed by atoms with Crippen LogP contribution in [0.15, 0.2) is 60.7 Å². The van der Waals surface area contributed by atoms with E-state index in [2.05, 4.69) is 62.4 Å². The van der Waals surface area contributed by atoms with Crippen LogP contribution in [0.4, 0.5) is 0 Å². The van der Waals surface area contributed by atoms with Gasteiger partial charge in [0, 0.05) is 11.0 Å². The van der Waals surface area contributed by atoms with Crippen LogP contribution < -0.4 is 11.5 Å². The lowest BCUT2D eigenvalue weighted by Gasteiger charge is -2.46. The number of hydrogen-bond acceptors (Lipinski definition) is 2. The van der Waals surface area contributed by atoms with Crippen molar-refractivity contribution < 1.29 is 0 Å². The van der Waals surface area contributed by atoms with E-state index in [4.69, 9.17) is 11.5 Å². The van der Waals surface area contributed by atoms with E-state index in [1.165, 1.54) is 11.1 Å². The fourth-order valence-corrected chi connectivity index (χ4v) is 3.33. The molecule has 2 rings (SSSR count). The number of benzene rings is 2. The average molecular weight is 282 g/mol. The molecule has 0 bridgehead atoms. The van der Waals surface area contributed by atoms with Gasteiger partial charge in [-0.1, -0.05) is 60.7 Å². The second kappa shape index (κ2) is 6.42. The zero-order chi connectivity index (χ0) is 15.3. The molecule has 2 aromatic rings. The molecule has 0 spiro atoms. The highest BCUT2D eigenvalue weighted by Gasteiger charge is 2.44. The maximum absolute atomic E-state index is 6.68. The van der Waals surface area contributed by atoms with E-state index in [1.807, 2.05) is 12.1 Å². The Bertz CT molecular complexity index is 501. The smallest absolute Gasteiger partial charge is 0.0377 e. The fraction of sp³-hybridized carbons (Fsp3) is 0.368. The lowest BCUT2D eigenvalue weighted by atomic mass is 9.61. The number of hydrogen-bond donors (Lipinski definition) is 2. The van der Waals surface area contributed by atoms with Crippen LogP contribution in [0.3, 0.4) is 0 Å². The SMILES string of the molecule is CC(C)(N)C(CCCN)(c1ccccc1)c1ccccc1. The summed E-state index contributed by atoms with van der Waals surface area (Å²) in [6, 6.07) is 21.1. The molecule has 0 saturated carbocycles. The van der Waals surface area contributed by atoms with Gasteiger partial charge in [-0.15, -0.1) is 0 Å². The van der Waals surface area contributed by atoms with Gasteiger partial charge in [-0.3, -0.25) is 0 Å². The molecule has 0 amide bonds. The Hall–Kier alpha value is -1.64. The topological polar surface area (TPSA) is 52.0 Å². The third kappa shape index (κ3) is 3.02. The highest BCUT2D eigenvalue weighted by molar-refractivity contribution is 5.43. The highest BCUT2D eigenvalue weighted by atomic mass is 14.8. The molecule has 2 aromatic carbocycles. The van der Waals surface area contributed by atoms with Gasteiger partial charge in [0.05, 0.1) is 0 Å². The molecule has 2 heteroatoms. The van der Waals surface area contributed by atoms with Crippen molar-refractivity contribution in [2.75, 3.05) is 6.54 Å². The molecule has 0 saturated heterocycles. The molecule has 0 atom stereocenters. The average Bonchev–Trinajstić information content (AvgIpc) is 2.49. The monoisotopic (exact) mass is 282 g/mol. The van der Waals surface area contributed by atoms with E-state index in [-0.39, 0.29) is 11.0 Å². The van der Waals surface area contributed by atoms with Gasteiger partial charge < -0.3 is 11.5 Å². The second-order valence-electron chi connectivity index (χ2n) is 6.25. The molecule has 0 heterocycles. The summed E-state index contributed by atoms with van der Waals surface area (Å²) >= 11 is 0. The summed E-state index contributed by atoms with van der Waals surface area (Å²) in [7, 11) is 0. The first-order valence-corrected chi connectivity index (χ1v) is 7.62. The Morgan fingerprint density at radius 2 is 1.24 bits per heavy atom. The van der Waals surface area contributed by atoms with Crippen LogP contribution in [0.25, 0.3) is 0 Å². The minimum Gasteiger partial charge on any atom is -0.330 e. The van der Waals surface area contributed by atoms with Crippen LogP contribution in [-0.4, -0.2) is 12.1 Å². The van der Waals surface area contributed by atoms with Crippen molar-refractivity contribution in [1.82, 2.24) is 0 Å². The van der Waals surface area contributed by atoms with Crippen LogP contribution in [-0.2, 0) is 5.41 Å². The summed E-state index contributed by atoms with van der Waals surface area (Å²) in [5, 5.41) is 0. The number of rotatable bonds is 6. The zero-order valence-electron chi connectivity index (χ0n) is 13.0. The van der Waals surface area contributed by atoms with E-state index < -0.39 is 0 Å². The quantitative estimate of drug-likeness (QED) is 0.852. The molecule has 21 heavy (non-hydrogen) atoms. The van der Waals surface area contributed by atoms with Gasteiger partial charge in [-0.25, -0.2) is 0 Å². The molecule has 0 aromatic heterocycles. The van der Waals surface area contributed by atoms with E-state index >= 15 is 0 Å². The van der Waals surface area contributed by atoms with Crippen LogP contribution in [0, 0.1) is 0 Å². The number of nitrogens with two attached hydrogens (primary N) is 2. The predicted octanol–water partition coefficient (Wildman–Crippen LogP) is 3.45. The molecule has 0 unspecified atom stereocenters. The van der Waals surface area contributed by atoms with Crippen molar-refractivity contribution in [3.8, 4) is 0 Å². The van der Waals surface area contributed by atoms with Crippen molar-refractivity contribution in [2.45, 2.75) is 37.6 Å². The third-order valence-electron chi connectivity index (χ3n) is 4.39. The first kappa shape index (κ1) is 15.7. The van der Waals surface area contributed by atoms with Crippen molar-refractivity contribution >= 4 is 0 Å². The molecule has 0 aliphatic carbocycles. The lowest BCUT2D eigenvalue weighted by Crippen LogP contribution is -2.55. The van der Waals surface area contributed by atoms with Crippen LogP contribution in [0.1, 0.15) is 37.8 Å². The minimum absolute atomic E-state index is 0.227. The van der Waals surface area contributed by atoms with E-state index in [9.17, 15) is 0 Å². The van der Waals surface area contributed by atoms with Gasteiger partial charge in [-0.05, 0) is 44.4 Å². The predicted molar refractivity (Wildman–Crippen MR) is 90.2 cm³/mol. The van der Waals surface area contributed by atoms with E-state index in [1.54, 1.807) is 0 Å². The van der Waals surface area contributed by atoms with Crippen molar-refractivity contribution in [3.05, 3.63) is 71.8 Å². The Morgan fingerprint density at radius 3 is 1.57 bits per heavy atom. The summed E-state index contributed by atoms with van der Waals surface area (Å²) in [5.74, 6) is 0. The van der Waals surface area contributed by atoms with Crippen molar-refractivity contribution in [1.29, 1.82) is 0 Å². The molecule has 0 aliphatic rings. The first-order chi connectivity index (χ1) is 10.0. The molecule has 112 valence electrons. The second-order valence-corrected chi connectivity index (χ2v) is 6.25. The van der Waals surface area contributed by atoms with Crippen molar-refractivity contribution in [2.24, 2.45) is 11.5 Å². The molecular weight excluding hydrogens is 256 g/mol. The van der Waals surface area contributed by atoms with Gasteiger partial charge in [0.25, 0.3) is 0 Å². The highest BCUT2D eigenvalue weighted by Crippen LogP contribution is 2.44. The van der Waals surface area contributed by atoms with Gasteiger partial charge in [0.15, 0.2) is 0 Å². The summed E-state index contributed by atoms with van der Waals surface area (Å²) in [4.78, 5) is 0.